The van der Waals surface area contributed by atoms with E-state index in [-0.39, 0.29) is 23.8 Å². The maximum Gasteiger partial charge on any atom is 0.573 e. The minimum Gasteiger partial charge on any atom is -0.406 e. The zero-order chi connectivity index (χ0) is 24.2. The molecule has 1 aliphatic rings. The van der Waals surface area contributed by atoms with Crippen LogP contribution in [0.25, 0.3) is 0 Å². The highest BCUT2D eigenvalue weighted by molar-refractivity contribution is 7.89. The molecular weight excluding hydrogens is 459 g/mol. The molecule has 0 aliphatic carbocycles. The number of hydrogen-bond acceptors (Lipinski definition) is 5. The average Bonchev–Trinajstić information content (AvgIpc) is 2.75. The van der Waals surface area contributed by atoms with Gasteiger partial charge in [0.05, 0.1) is 4.90 Å². The molecule has 0 unspecified atom stereocenters. The summed E-state index contributed by atoms with van der Waals surface area (Å²) in [5.41, 5.74) is 3.58. The monoisotopic (exact) mass is 485 g/mol. The van der Waals surface area contributed by atoms with Crippen molar-refractivity contribution in [2.24, 2.45) is 0 Å². The van der Waals surface area contributed by atoms with Crippen LogP contribution in [-0.2, 0) is 14.8 Å². The van der Waals surface area contributed by atoms with Crippen molar-refractivity contribution in [2.75, 3.05) is 37.6 Å². The summed E-state index contributed by atoms with van der Waals surface area (Å²) in [7, 11) is -3.97. The number of benzene rings is 2. The van der Waals surface area contributed by atoms with Gasteiger partial charge in [-0.25, -0.2) is 13.1 Å². The number of rotatable bonds is 7. The molecule has 1 N–H and O–H groups in total. The van der Waals surface area contributed by atoms with Crippen LogP contribution in [0.4, 0.5) is 18.9 Å². The third-order valence-electron chi connectivity index (χ3n) is 5.55. The van der Waals surface area contributed by atoms with E-state index in [1.165, 1.54) is 11.1 Å². The van der Waals surface area contributed by atoms with Crippen molar-refractivity contribution in [2.45, 2.75) is 31.5 Å². The predicted molar refractivity (Wildman–Crippen MR) is 118 cm³/mol. The molecule has 1 aliphatic heterocycles. The standard InChI is InChI=1S/C22H26F3N3O4S/c1-16-4-3-5-20(17(16)2)27-12-14-28(15-13-27)21(29)10-11-26-33(30,31)19-8-6-18(7-9-19)32-22(23,24)25/h3-9,26H,10-15H2,1-2H3. The smallest absolute Gasteiger partial charge is 0.406 e. The van der Waals surface area contributed by atoms with Gasteiger partial charge in [-0.2, -0.15) is 0 Å². The molecule has 1 heterocycles. The number of piperazine rings is 1. The Morgan fingerprint density at radius 2 is 1.67 bits per heavy atom. The van der Waals surface area contributed by atoms with Crippen molar-refractivity contribution in [3.63, 3.8) is 0 Å². The molecular formula is C22H26F3N3O4S. The number of carbonyl (C=O) groups is 1. The van der Waals surface area contributed by atoms with Crippen molar-refractivity contribution in [1.82, 2.24) is 9.62 Å². The molecule has 0 aromatic heterocycles. The van der Waals surface area contributed by atoms with Crippen LogP contribution in [0.1, 0.15) is 17.5 Å². The first kappa shape index (κ1) is 24.8. The molecule has 7 nitrogen and oxygen atoms in total. The molecule has 1 amide bonds. The number of alkyl halides is 3. The Balaban J connectivity index is 1.48. The van der Waals surface area contributed by atoms with Gasteiger partial charge >= 0.3 is 6.36 Å². The lowest BCUT2D eigenvalue weighted by atomic mass is 10.1. The molecule has 11 heteroatoms. The Morgan fingerprint density at radius 1 is 1.03 bits per heavy atom. The average molecular weight is 486 g/mol. The predicted octanol–water partition coefficient (Wildman–Crippen LogP) is 3.22. The largest absolute Gasteiger partial charge is 0.573 e. The minimum atomic E-state index is -4.86. The van der Waals surface area contributed by atoms with Crippen LogP contribution < -0.4 is 14.4 Å². The summed E-state index contributed by atoms with van der Waals surface area (Å²) >= 11 is 0. The zero-order valence-corrected chi connectivity index (χ0v) is 19.2. The Hall–Kier alpha value is -2.79. The Labute approximate surface area is 191 Å². The highest BCUT2D eigenvalue weighted by Crippen LogP contribution is 2.25. The van der Waals surface area contributed by atoms with E-state index < -0.39 is 22.1 Å². The molecule has 0 spiro atoms. The number of ether oxygens (including phenoxy) is 1. The van der Waals surface area contributed by atoms with E-state index in [1.54, 1.807) is 4.90 Å². The Bertz CT molecular complexity index is 1080. The first-order valence-corrected chi connectivity index (χ1v) is 11.9. The van der Waals surface area contributed by atoms with Gasteiger partial charge in [0, 0.05) is 44.8 Å². The van der Waals surface area contributed by atoms with Crippen molar-refractivity contribution in [3.8, 4) is 5.75 Å². The van der Waals surface area contributed by atoms with E-state index in [9.17, 15) is 26.4 Å². The number of carbonyl (C=O) groups excluding carboxylic acids is 1. The van der Waals surface area contributed by atoms with Gasteiger partial charge in [-0.1, -0.05) is 12.1 Å². The lowest BCUT2D eigenvalue weighted by molar-refractivity contribution is -0.274. The highest BCUT2D eigenvalue weighted by Gasteiger charge is 2.31. The fourth-order valence-electron chi connectivity index (χ4n) is 3.63. The van der Waals surface area contributed by atoms with Crippen LogP contribution in [0, 0.1) is 13.8 Å². The van der Waals surface area contributed by atoms with Crippen LogP contribution in [0.15, 0.2) is 47.4 Å². The Morgan fingerprint density at radius 3 is 2.27 bits per heavy atom. The van der Waals surface area contributed by atoms with Gasteiger partial charge in [0.15, 0.2) is 0 Å². The topological polar surface area (TPSA) is 79.0 Å². The van der Waals surface area contributed by atoms with Crippen LogP contribution in [0.2, 0.25) is 0 Å². The molecule has 33 heavy (non-hydrogen) atoms. The second-order valence-corrected chi connectivity index (χ2v) is 9.52. The molecule has 2 aromatic rings. The summed E-state index contributed by atoms with van der Waals surface area (Å²) < 4.78 is 67.4. The third kappa shape index (κ3) is 6.61. The van der Waals surface area contributed by atoms with Gasteiger partial charge in [0.25, 0.3) is 0 Å². The molecule has 1 saturated heterocycles. The summed E-state index contributed by atoms with van der Waals surface area (Å²) in [6.07, 6.45) is -4.87. The second-order valence-electron chi connectivity index (χ2n) is 7.75. The van der Waals surface area contributed by atoms with E-state index >= 15 is 0 Å². The van der Waals surface area contributed by atoms with Crippen molar-refractivity contribution in [1.29, 1.82) is 0 Å². The van der Waals surface area contributed by atoms with E-state index in [2.05, 4.69) is 40.3 Å². The van der Waals surface area contributed by atoms with Gasteiger partial charge in [0.2, 0.25) is 15.9 Å². The second kappa shape index (κ2) is 10.0. The third-order valence-corrected chi connectivity index (χ3v) is 7.02. The number of halogens is 3. The number of nitrogens with zero attached hydrogens (tertiary/aromatic N) is 2. The number of aryl methyl sites for hydroxylation is 1. The highest BCUT2D eigenvalue weighted by atomic mass is 32.2. The summed E-state index contributed by atoms with van der Waals surface area (Å²) in [5, 5.41) is 0. The summed E-state index contributed by atoms with van der Waals surface area (Å²) in [6.45, 7) is 6.48. The molecule has 0 saturated carbocycles. The molecule has 0 bridgehead atoms. The van der Waals surface area contributed by atoms with Crippen LogP contribution >= 0.6 is 0 Å². The normalized spacial score (nSPS) is 14.9. The van der Waals surface area contributed by atoms with Gasteiger partial charge < -0.3 is 14.5 Å². The van der Waals surface area contributed by atoms with Gasteiger partial charge in [0.1, 0.15) is 5.75 Å². The van der Waals surface area contributed by atoms with Crippen LogP contribution in [-0.4, -0.2) is 58.3 Å². The first-order valence-electron chi connectivity index (χ1n) is 10.4. The van der Waals surface area contributed by atoms with Crippen LogP contribution in [0.3, 0.4) is 0 Å². The van der Waals surface area contributed by atoms with Gasteiger partial charge in [-0.15, -0.1) is 13.2 Å². The SMILES string of the molecule is Cc1cccc(N2CCN(C(=O)CCNS(=O)(=O)c3ccc(OC(F)(F)F)cc3)CC2)c1C. The van der Waals surface area contributed by atoms with Gasteiger partial charge in [-0.05, 0) is 55.3 Å². The van der Waals surface area contributed by atoms with E-state index in [1.807, 2.05) is 6.07 Å². The number of anilines is 1. The van der Waals surface area contributed by atoms with Crippen LogP contribution in [0.5, 0.6) is 5.75 Å². The number of amides is 1. The molecule has 1 fully saturated rings. The van der Waals surface area contributed by atoms with Crippen molar-refractivity contribution >= 4 is 21.6 Å². The lowest BCUT2D eigenvalue weighted by Gasteiger charge is -2.37. The summed E-state index contributed by atoms with van der Waals surface area (Å²) in [4.78, 5) is 16.2. The van der Waals surface area contributed by atoms with E-state index in [4.69, 9.17) is 0 Å². The molecule has 0 atom stereocenters. The van der Waals surface area contributed by atoms with Crippen molar-refractivity contribution in [3.05, 3.63) is 53.6 Å². The fraction of sp³-hybridized carbons (Fsp3) is 0.409. The van der Waals surface area contributed by atoms with E-state index in [0.717, 1.165) is 30.0 Å². The summed E-state index contributed by atoms with van der Waals surface area (Å²) in [6, 6.07) is 10.00. The molecule has 0 radical (unpaired) electrons. The lowest BCUT2D eigenvalue weighted by Crippen LogP contribution is -2.49. The zero-order valence-electron chi connectivity index (χ0n) is 18.4. The fourth-order valence-corrected chi connectivity index (χ4v) is 4.66. The van der Waals surface area contributed by atoms with Gasteiger partial charge in [-0.3, -0.25) is 4.79 Å². The first-order chi connectivity index (χ1) is 15.5. The minimum absolute atomic E-state index is 0.0159. The quantitative estimate of drug-likeness (QED) is 0.652. The molecule has 3 rings (SSSR count). The molecule has 2 aromatic carbocycles. The number of nitrogens with one attached hydrogen (secondary N) is 1. The number of sulfonamides is 1. The number of hydrogen-bond donors (Lipinski definition) is 1. The summed E-state index contributed by atoms with van der Waals surface area (Å²) in [5.74, 6) is -0.677. The molecule has 180 valence electrons. The van der Waals surface area contributed by atoms with E-state index in [0.29, 0.717) is 26.2 Å². The maximum atomic E-state index is 12.5. The Kier molecular flexibility index (Phi) is 7.53. The maximum absolute atomic E-state index is 12.5. The van der Waals surface area contributed by atoms with Crippen molar-refractivity contribution < 1.29 is 31.1 Å².